The van der Waals surface area contributed by atoms with E-state index in [2.05, 4.69) is 15.4 Å². The van der Waals surface area contributed by atoms with Gasteiger partial charge < -0.3 is 19.5 Å². The number of rotatable bonds is 7. The average Bonchev–Trinajstić information content (AvgIpc) is 3.26. The Hall–Kier alpha value is -4.42. The number of ether oxygens (including phenoxy) is 3. The largest absolute Gasteiger partial charge is 0.481 e. The van der Waals surface area contributed by atoms with Crippen molar-refractivity contribution in [3.63, 3.8) is 0 Å². The van der Waals surface area contributed by atoms with Crippen molar-refractivity contribution >= 4 is 5.91 Å². The lowest BCUT2D eigenvalue weighted by Crippen LogP contribution is -2.43. The molecule has 224 valence electrons. The van der Waals surface area contributed by atoms with E-state index in [0.717, 1.165) is 5.56 Å². The topological polar surface area (TPSA) is 122 Å². The number of nitrogens with one attached hydrogen (secondary N) is 1. The van der Waals surface area contributed by atoms with Gasteiger partial charge in [0, 0.05) is 32.4 Å². The van der Waals surface area contributed by atoms with Crippen molar-refractivity contribution in [3.05, 3.63) is 93.2 Å². The standard InChI is InChI=1S/C31H33FN6O5/c1-20-34-27(37(2)36-20)24-16-23(32)9-8-22(24)17-33-28(39)25-26(43-18-21-6-4-3-5-7-21)29(40)38-12-15-42-19-31(30(38)35-25)10-13-41-14-11-31/h3-9,16H,10-15,17-19H2,1-2H3,(H,33,39). The van der Waals surface area contributed by atoms with Gasteiger partial charge in [0.25, 0.3) is 11.5 Å². The number of aromatic nitrogens is 5. The number of hydrogen-bond donors (Lipinski definition) is 1. The Morgan fingerprint density at radius 1 is 1.09 bits per heavy atom. The summed E-state index contributed by atoms with van der Waals surface area (Å²) in [4.78, 5) is 37.1. The van der Waals surface area contributed by atoms with E-state index in [1.54, 1.807) is 29.3 Å². The number of aryl methyl sites for hydroxylation is 2. The van der Waals surface area contributed by atoms with Crippen molar-refractivity contribution in [2.24, 2.45) is 7.05 Å². The van der Waals surface area contributed by atoms with E-state index in [1.165, 1.54) is 12.1 Å². The quantitative estimate of drug-likeness (QED) is 0.350. The number of benzene rings is 2. The van der Waals surface area contributed by atoms with Gasteiger partial charge in [-0.2, -0.15) is 5.10 Å². The summed E-state index contributed by atoms with van der Waals surface area (Å²) >= 11 is 0. The highest BCUT2D eigenvalue weighted by atomic mass is 19.1. The summed E-state index contributed by atoms with van der Waals surface area (Å²) in [5, 5.41) is 7.16. The zero-order valence-electron chi connectivity index (χ0n) is 24.1. The monoisotopic (exact) mass is 588 g/mol. The summed E-state index contributed by atoms with van der Waals surface area (Å²) in [5.41, 5.74) is 0.869. The number of halogens is 1. The third-order valence-corrected chi connectivity index (χ3v) is 7.95. The van der Waals surface area contributed by atoms with Crippen LogP contribution in [0.4, 0.5) is 4.39 Å². The molecule has 43 heavy (non-hydrogen) atoms. The molecule has 1 amide bonds. The molecule has 2 aromatic carbocycles. The Labute approximate surface area is 247 Å². The van der Waals surface area contributed by atoms with Gasteiger partial charge >= 0.3 is 0 Å². The summed E-state index contributed by atoms with van der Waals surface area (Å²) in [6.45, 7) is 3.88. The summed E-state index contributed by atoms with van der Waals surface area (Å²) in [5.74, 6) is 0.366. The van der Waals surface area contributed by atoms with Crippen LogP contribution in [0.2, 0.25) is 0 Å². The fraction of sp³-hybridized carbons (Fsp3) is 0.387. The molecule has 0 atom stereocenters. The van der Waals surface area contributed by atoms with Crippen molar-refractivity contribution in [2.45, 2.75) is 44.9 Å². The summed E-state index contributed by atoms with van der Waals surface area (Å²) < 4.78 is 35.0. The van der Waals surface area contributed by atoms with Gasteiger partial charge in [0.15, 0.2) is 11.5 Å². The van der Waals surface area contributed by atoms with Crippen LogP contribution in [-0.2, 0) is 41.6 Å². The normalized spacial score (nSPS) is 16.0. The number of carbonyl (C=O) groups excluding carboxylic acids is 1. The Kier molecular flexibility index (Phi) is 8.04. The third-order valence-electron chi connectivity index (χ3n) is 7.95. The number of nitrogens with zero attached hydrogens (tertiary/aromatic N) is 5. The van der Waals surface area contributed by atoms with Gasteiger partial charge in [0.1, 0.15) is 24.1 Å². The molecule has 1 fully saturated rings. The molecule has 1 saturated heterocycles. The lowest BCUT2D eigenvalue weighted by Gasteiger charge is -2.36. The van der Waals surface area contributed by atoms with Crippen LogP contribution in [0.15, 0.2) is 53.3 Å². The Morgan fingerprint density at radius 2 is 1.88 bits per heavy atom. The van der Waals surface area contributed by atoms with E-state index in [1.807, 2.05) is 30.3 Å². The smallest absolute Gasteiger partial charge is 0.296 e. The highest BCUT2D eigenvalue weighted by Gasteiger charge is 2.42. The number of hydrogen-bond acceptors (Lipinski definition) is 8. The first-order valence-electron chi connectivity index (χ1n) is 14.3. The summed E-state index contributed by atoms with van der Waals surface area (Å²) in [6.07, 6.45) is 1.22. The SMILES string of the molecule is Cc1nc(-c2cc(F)ccc2CNC(=O)c2nc3n(c(=O)c2OCc2ccccc2)CCOCC32CCOCC2)n(C)n1. The second-order valence-electron chi connectivity index (χ2n) is 10.9. The van der Waals surface area contributed by atoms with Gasteiger partial charge in [-0.25, -0.2) is 19.0 Å². The maximum atomic E-state index is 14.3. The molecule has 6 rings (SSSR count). The summed E-state index contributed by atoms with van der Waals surface area (Å²) in [6, 6.07) is 13.7. The molecule has 0 unspecified atom stereocenters. The van der Waals surface area contributed by atoms with Gasteiger partial charge in [0.05, 0.1) is 25.2 Å². The molecule has 4 aromatic rings. The molecular weight excluding hydrogens is 555 g/mol. The molecule has 2 aromatic heterocycles. The predicted molar refractivity (Wildman–Crippen MR) is 154 cm³/mol. The number of carbonyl (C=O) groups is 1. The maximum absolute atomic E-state index is 14.3. The van der Waals surface area contributed by atoms with Crippen LogP contribution in [-0.4, -0.2) is 56.7 Å². The van der Waals surface area contributed by atoms with Gasteiger partial charge in [-0.15, -0.1) is 0 Å². The van der Waals surface area contributed by atoms with Crippen molar-refractivity contribution in [3.8, 4) is 17.1 Å². The Bertz CT molecular complexity index is 1700. The van der Waals surface area contributed by atoms with Crippen LogP contribution in [0.25, 0.3) is 11.4 Å². The molecule has 4 heterocycles. The first-order chi connectivity index (χ1) is 20.8. The minimum absolute atomic E-state index is 0.0284. The first kappa shape index (κ1) is 28.7. The van der Waals surface area contributed by atoms with Crippen LogP contribution < -0.4 is 15.6 Å². The molecule has 11 nitrogen and oxygen atoms in total. The van der Waals surface area contributed by atoms with E-state index in [9.17, 15) is 14.0 Å². The summed E-state index contributed by atoms with van der Waals surface area (Å²) in [7, 11) is 1.72. The van der Waals surface area contributed by atoms with E-state index < -0.39 is 22.7 Å². The first-order valence-corrected chi connectivity index (χ1v) is 14.3. The third kappa shape index (κ3) is 5.80. The van der Waals surface area contributed by atoms with Crippen molar-refractivity contribution in [2.75, 3.05) is 26.4 Å². The molecule has 0 bridgehead atoms. The van der Waals surface area contributed by atoms with E-state index in [0.29, 0.717) is 74.4 Å². The number of fused-ring (bicyclic) bond motifs is 2. The van der Waals surface area contributed by atoms with Crippen LogP contribution in [0.3, 0.4) is 0 Å². The Morgan fingerprint density at radius 3 is 2.63 bits per heavy atom. The average molecular weight is 589 g/mol. The molecule has 1 spiro atoms. The molecule has 0 saturated carbocycles. The minimum atomic E-state index is -0.583. The van der Waals surface area contributed by atoms with E-state index in [4.69, 9.17) is 19.2 Å². The number of amides is 1. The molecule has 0 aliphatic carbocycles. The fourth-order valence-corrected chi connectivity index (χ4v) is 5.70. The zero-order valence-corrected chi connectivity index (χ0v) is 24.1. The van der Waals surface area contributed by atoms with Gasteiger partial charge in [-0.05, 0) is 43.0 Å². The molecule has 12 heteroatoms. The predicted octanol–water partition coefficient (Wildman–Crippen LogP) is 3.07. The molecule has 1 N–H and O–H groups in total. The van der Waals surface area contributed by atoms with Crippen molar-refractivity contribution in [1.29, 1.82) is 0 Å². The van der Waals surface area contributed by atoms with Gasteiger partial charge in [-0.3, -0.25) is 14.2 Å². The second-order valence-corrected chi connectivity index (χ2v) is 10.9. The molecule has 0 radical (unpaired) electrons. The van der Waals surface area contributed by atoms with Crippen LogP contribution in [0.1, 0.15) is 46.1 Å². The highest BCUT2D eigenvalue weighted by Crippen LogP contribution is 2.36. The zero-order chi connectivity index (χ0) is 30.0. The minimum Gasteiger partial charge on any atom is -0.481 e. The molecular formula is C31H33FN6O5. The molecule has 2 aliphatic heterocycles. The lowest BCUT2D eigenvalue weighted by molar-refractivity contribution is 0.00412. The van der Waals surface area contributed by atoms with Crippen LogP contribution in [0, 0.1) is 12.7 Å². The van der Waals surface area contributed by atoms with E-state index >= 15 is 0 Å². The van der Waals surface area contributed by atoms with Gasteiger partial charge in [-0.1, -0.05) is 36.4 Å². The maximum Gasteiger partial charge on any atom is 0.296 e. The Balaban J connectivity index is 1.38. The lowest BCUT2D eigenvalue weighted by atomic mass is 9.80. The second kappa shape index (κ2) is 12.1. The van der Waals surface area contributed by atoms with E-state index in [-0.39, 0.29) is 24.6 Å². The van der Waals surface area contributed by atoms with Crippen LogP contribution >= 0.6 is 0 Å². The molecule has 2 aliphatic rings. The highest BCUT2D eigenvalue weighted by molar-refractivity contribution is 5.95. The van der Waals surface area contributed by atoms with Crippen molar-refractivity contribution in [1.82, 2.24) is 29.6 Å². The van der Waals surface area contributed by atoms with Crippen LogP contribution in [0.5, 0.6) is 5.75 Å². The fourth-order valence-electron chi connectivity index (χ4n) is 5.70. The van der Waals surface area contributed by atoms with Gasteiger partial charge in [0.2, 0.25) is 5.75 Å². The van der Waals surface area contributed by atoms with Crippen molar-refractivity contribution < 1.29 is 23.4 Å².